The highest BCUT2D eigenvalue weighted by molar-refractivity contribution is 6.32. The van der Waals surface area contributed by atoms with Crippen LogP contribution in [0, 0.1) is 10.1 Å². The van der Waals surface area contributed by atoms with Crippen LogP contribution in [0.15, 0.2) is 66.4 Å². The second-order valence-corrected chi connectivity index (χ2v) is 9.32. The second-order valence-electron chi connectivity index (χ2n) is 8.92. The Hall–Kier alpha value is -4.90. The van der Waals surface area contributed by atoms with E-state index in [0.29, 0.717) is 23.2 Å². The molecule has 3 aromatic carbocycles. The molecule has 3 aromatic rings. The smallest absolute Gasteiger partial charge is 0.329 e. The van der Waals surface area contributed by atoms with Gasteiger partial charge in [0.05, 0.1) is 16.6 Å². The summed E-state index contributed by atoms with van der Waals surface area (Å²) in [7, 11) is 0. The molecule has 0 saturated carbocycles. The lowest BCUT2D eigenvalue weighted by Crippen LogP contribution is -2.38. The van der Waals surface area contributed by atoms with Crippen LogP contribution in [0.2, 0.25) is 5.02 Å². The first-order chi connectivity index (χ1) is 19.7. The van der Waals surface area contributed by atoms with Crippen LogP contribution in [0.4, 0.5) is 16.2 Å². The summed E-state index contributed by atoms with van der Waals surface area (Å²) in [4.78, 5) is 49.5. The fraction of sp³-hybridized carbons (Fsp3) is 0.207. The van der Waals surface area contributed by atoms with E-state index in [1.807, 2.05) is 19.1 Å². The van der Waals surface area contributed by atoms with E-state index in [9.17, 15) is 24.5 Å². The van der Waals surface area contributed by atoms with E-state index in [1.165, 1.54) is 24.3 Å². The van der Waals surface area contributed by atoms with Crippen molar-refractivity contribution in [3.63, 3.8) is 0 Å². The number of nitro groups is 1. The van der Waals surface area contributed by atoms with Gasteiger partial charge in [0.15, 0.2) is 11.5 Å². The Morgan fingerprint density at radius 2 is 1.88 bits per heavy atom. The quantitative estimate of drug-likeness (QED) is 0.136. The molecule has 4 amide bonds. The van der Waals surface area contributed by atoms with Crippen molar-refractivity contribution < 1.29 is 28.8 Å². The molecular formula is C29H27ClN4O7. The Morgan fingerprint density at radius 1 is 1.10 bits per heavy atom. The van der Waals surface area contributed by atoms with Crippen LogP contribution in [0.5, 0.6) is 11.5 Å². The molecule has 0 spiro atoms. The number of hydrogen-bond donors (Lipinski definition) is 2. The molecule has 1 aliphatic heterocycles. The molecule has 12 heteroatoms. The van der Waals surface area contributed by atoms with Crippen LogP contribution >= 0.6 is 11.6 Å². The molecule has 1 heterocycles. The minimum Gasteiger partial charge on any atom is -0.490 e. The van der Waals surface area contributed by atoms with Gasteiger partial charge in [-0.05, 0) is 54.3 Å². The van der Waals surface area contributed by atoms with Crippen molar-refractivity contribution in [3.8, 4) is 11.5 Å². The molecule has 11 nitrogen and oxygen atoms in total. The van der Waals surface area contributed by atoms with E-state index >= 15 is 0 Å². The number of aryl methyl sites for hydroxylation is 1. The molecule has 41 heavy (non-hydrogen) atoms. The topological polar surface area (TPSA) is 140 Å². The molecule has 0 atom stereocenters. The molecule has 4 rings (SSSR count). The van der Waals surface area contributed by atoms with Crippen molar-refractivity contribution in [2.75, 3.05) is 18.5 Å². The number of nitrogens with one attached hydrogen (secondary N) is 2. The van der Waals surface area contributed by atoms with Gasteiger partial charge in [-0.1, -0.05) is 48.9 Å². The van der Waals surface area contributed by atoms with Crippen molar-refractivity contribution in [2.45, 2.75) is 26.9 Å². The van der Waals surface area contributed by atoms with Gasteiger partial charge >= 0.3 is 6.03 Å². The fourth-order valence-corrected chi connectivity index (χ4v) is 4.43. The first-order valence-electron chi connectivity index (χ1n) is 12.7. The number of para-hydroxylation sites is 1. The van der Waals surface area contributed by atoms with E-state index in [4.69, 9.17) is 21.1 Å². The van der Waals surface area contributed by atoms with Crippen LogP contribution in [-0.4, -0.2) is 40.8 Å². The van der Waals surface area contributed by atoms with Gasteiger partial charge < -0.3 is 20.1 Å². The Morgan fingerprint density at radius 3 is 2.61 bits per heavy atom. The Labute approximate surface area is 240 Å². The Balaban J connectivity index is 1.49. The number of nitro benzene ring substituents is 1. The minimum absolute atomic E-state index is 0.00376. The number of carbonyl (C=O) groups excluding carboxylic acids is 3. The van der Waals surface area contributed by atoms with E-state index in [-0.39, 0.29) is 41.1 Å². The number of anilines is 1. The first-order valence-corrected chi connectivity index (χ1v) is 13.1. The summed E-state index contributed by atoms with van der Waals surface area (Å²) in [5.74, 6) is -0.689. The zero-order chi connectivity index (χ0) is 29.5. The number of imide groups is 1. The lowest BCUT2D eigenvalue weighted by Gasteiger charge is -2.15. The molecule has 2 N–H and O–H groups in total. The van der Waals surface area contributed by atoms with Gasteiger partial charge in [-0.15, -0.1) is 0 Å². The van der Waals surface area contributed by atoms with Gasteiger partial charge in [-0.25, -0.2) is 9.69 Å². The van der Waals surface area contributed by atoms with Gasteiger partial charge in [0, 0.05) is 17.8 Å². The number of carbonyl (C=O) groups is 3. The average molecular weight is 579 g/mol. The lowest BCUT2D eigenvalue weighted by molar-refractivity contribution is -0.384. The molecule has 0 aromatic heterocycles. The summed E-state index contributed by atoms with van der Waals surface area (Å²) in [6, 6.07) is 15.7. The van der Waals surface area contributed by atoms with Gasteiger partial charge in [-0.2, -0.15) is 0 Å². The van der Waals surface area contributed by atoms with Gasteiger partial charge in [0.2, 0.25) is 5.91 Å². The number of amides is 4. The van der Waals surface area contributed by atoms with Crippen molar-refractivity contribution in [3.05, 3.63) is 98.2 Å². The molecule has 1 aliphatic rings. The Kier molecular flexibility index (Phi) is 9.20. The molecular weight excluding hydrogens is 552 g/mol. The number of benzene rings is 3. The number of rotatable bonds is 11. The van der Waals surface area contributed by atoms with E-state index in [1.54, 1.807) is 37.3 Å². The molecule has 0 aliphatic carbocycles. The van der Waals surface area contributed by atoms with Crippen molar-refractivity contribution in [1.29, 1.82) is 0 Å². The third-order valence-electron chi connectivity index (χ3n) is 6.08. The minimum atomic E-state index is -0.729. The summed E-state index contributed by atoms with van der Waals surface area (Å²) in [5.41, 5.74) is 2.44. The highest BCUT2D eigenvalue weighted by atomic mass is 35.5. The summed E-state index contributed by atoms with van der Waals surface area (Å²) in [6.07, 6.45) is 2.13. The molecule has 1 saturated heterocycles. The standard InChI is InChI=1S/C29H27ClN4O7/c1-3-20-9-5-6-11-23(20)31-26(35)16-33-28(36)24(32-29(33)37)14-19-13-22(30)27(25(15-19)40-4-2)41-17-18-8-7-10-21(12-18)34(38)39/h5-15H,3-4,16-17H2,1-2H3,(H,31,35)(H,32,37)/b24-14+. The Bertz CT molecular complexity index is 1540. The van der Waals surface area contributed by atoms with E-state index < -0.39 is 29.3 Å². The molecule has 0 radical (unpaired) electrons. The largest absolute Gasteiger partial charge is 0.490 e. The maximum Gasteiger partial charge on any atom is 0.329 e. The summed E-state index contributed by atoms with van der Waals surface area (Å²) in [5, 5.41) is 16.5. The summed E-state index contributed by atoms with van der Waals surface area (Å²) in [6.45, 7) is 3.54. The normalized spacial score (nSPS) is 13.7. The van der Waals surface area contributed by atoms with Crippen molar-refractivity contribution in [1.82, 2.24) is 10.2 Å². The number of urea groups is 1. The molecule has 0 bridgehead atoms. The molecule has 212 valence electrons. The number of halogens is 1. The maximum atomic E-state index is 13.0. The number of hydrogen-bond acceptors (Lipinski definition) is 7. The van der Waals surface area contributed by atoms with E-state index in [2.05, 4.69) is 10.6 Å². The average Bonchev–Trinajstić information content (AvgIpc) is 3.20. The lowest BCUT2D eigenvalue weighted by atomic mass is 10.1. The van der Waals surface area contributed by atoms with Crippen LogP contribution in [0.3, 0.4) is 0 Å². The van der Waals surface area contributed by atoms with Crippen LogP contribution in [0.25, 0.3) is 6.08 Å². The third kappa shape index (κ3) is 7.00. The van der Waals surface area contributed by atoms with E-state index in [0.717, 1.165) is 10.5 Å². The zero-order valence-electron chi connectivity index (χ0n) is 22.3. The molecule has 0 unspecified atom stereocenters. The highest BCUT2D eigenvalue weighted by Crippen LogP contribution is 2.38. The van der Waals surface area contributed by atoms with Crippen LogP contribution < -0.4 is 20.1 Å². The second kappa shape index (κ2) is 13.0. The number of nitrogens with zero attached hydrogens (tertiary/aromatic N) is 2. The van der Waals surface area contributed by atoms with Gasteiger partial charge in [-0.3, -0.25) is 19.7 Å². The predicted octanol–water partition coefficient (Wildman–Crippen LogP) is 5.32. The number of ether oxygens (including phenoxy) is 2. The summed E-state index contributed by atoms with van der Waals surface area (Å²) < 4.78 is 11.5. The third-order valence-corrected chi connectivity index (χ3v) is 6.36. The monoisotopic (exact) mass is 578 g/mol. The maximum absolute atomic E-state index is 13.0. The molecule has 1 fully saturated rings. The van der Waals surface area contributed by atoms with Gasteiger partial charge in [0.25, 0.3) is 11.6 Å². The highest BCUT2D eigenvalue weighted by Gasteiger charge is 2.35. The van der Waals surface area contributed by atoms with Gasteiger partial charge in [0.1, 0.15) is 18.8 Å². The van der Waals surface area contributed by atoms with Crippen molar-refractivity contribution >= 4 is 46.9 Å². The fourth-order valence-electron chi connectivity index (χ4n) is 4.16. The number of non-ortho nitro benzene ring substituents is 1. The predicted molar refractivity (Wildman–Crippen MR) is 153 cm³/mol. The van der Waals surface area contributed by atoms with Crippen LogP contribution in [-0.2, 0) is 22.6 Å². The first kappa shape index (κ1) is 29.1. The van der Waals surface area contributed by atoms with Crippen molar-refractivity contribution in [2.24, 2.45) is 0 Å². The zero-order valence-corrected chi connectivity index (χ0v) is 23.1. The summed E-state index contributed by atoms with van der Waals surface area (Å²) >= 11 is 6.49. The SMILES string of the molecule is CCOc1cc(/C=C2/NC(=O)N(CC(=O)Nc3ccccc3CC)C2=O)cc(Cl)c1OCc1cccc([N+](=O)[O-])c1. The van der Waals surface area contributed by atoms with Crippen LogP contribution in [0.1, 0.15) is 30.5 Å².